The number of anilines is 1. The number of nitrogens with one attached hydrogen (secondary N) is 2. The molecule has 0 unspecified atom stereocenters. The SMILES string of the molecule is Cc1ccc(NC(=O)CSc2nc3c(cnn3-c3ccccc3)c(=O)[nH]2)cc1[N+](=O)[O-]. The van der Waals surface area contributed by atoms with Gasteiger partial charge in [-0.1, -0.05) is 36.0 Å². The number of H-pyrrole nitrogens is 1. The molecular formula is C20H16N6O4S. The highest BCUT2D eigenvalue weighted by Gasteiger charge is 2.15. The number of rotatable bonds is 6. The molecule has 0 atom stereocenters. The quantitative estimate of drug-likeness (QED) is 0.205. The largest absolute Gasteiger partial charge is 0.325 e. The molecule has 0 aliphatic carbocycles. The third-order valence-corrected chi connectivity index (χ3v) is 5.32. The first-order chi connectivity index (χ1) is 14.9. The number of para-hydroxylation sites is 1. The van der Waals surface area contributed by atoms with Gasteiger partial charge in [0.25, 0.3) is 11.2 Å². The summed E-state index contributed by atoms with van der Waals surface area (Å²) in [6.07, 6.45) is 1.44. The molecule has 0 saturated heterocycles. The van der Waals surface area contributed by atoms with Crippen LogP contribution in [0.2, 0.25) is 0 Å². The Hall–Kier alpha value is -3.99. The molecule has 0 bridgehead atoms. The van der Waals surface area contributed by atoms with Crippen molar-refractivity contribution in [2.75, 3.05) is 11.1 Å². The minimum Gasteiger partial charge on any atom is -0.325 e. The van der Waals surface area contributed by atoms with Gasteiger partial charge in [-0.25, -0.2) is 9.67 Å². The lowest BCUT2D eigenvalue weighted by atomic mass is 10.2. The Balaban J connectivity index is 1.51. The van der Waals surface area contributed by atoms with Gasteiger partial charge in [0.2, 0.25) is 5.91 Å². The maximum absolute atomic E-state index is 12.4. The van der Waals surface area contributed by atoms with Gasteiger partial charge >= 0.3 is 0 Å². The van der Waals surface area contributed by atoms with E-state index in [9.17, 15) is 19.7 Å². The zero-order chi connectivity index (χ0) is 22.0. The summed E-state index contributed by atoms with van der Waals surface area (Å²) in [6.45, 7) is 1.62. The summed E-state index contributed by atoms with van der Waals surface area (Å²) in [6, 6.07) is 13.7. The van der Waals surface area contributed by atoms with E-state index in [-0.39, 0.29) is 28.1 Å². The molecule has 0 aliphatic heterocycles. The van der Waals surface area contributed by atoms with E-state index in [0.29, 0.717) is 22.3 Å². The van der Waals surface area contributed by atoms with Crippen molar-refractivity contribution in [3.63, 3.8) is 0 Å². The molecule has 1 amide bonds. The van der Waals surface area contributed by atoms with Gasteiger partial charge in [-0.05, 0) is 25.1 Å². The lowest BCUT2D eigenvalue weighted by Crippen LogP contribution is -2.16. The van der Waals surface area contributed by atoms with Crippen LogP contribution in [0.4, 0.5) is 11.4 Å². The maximum atomic E-state index is 12.4. The standard InChI is InChI=1S/C20H16N6O4S/c1-12-7-8-13(9-16(12)26(29)30)22-17(27)11-31-20-23-18-15(19(28)24-20)10-21-25(18)14-5-3-2-4-6-14/h2-10H,11H2,1H3,(H,22,27)(H,23,24,28). The number of aryl methyl sites for hydroxylation is 1. The molecule has 4 rings (SSSR count). The maximum Gasteiger partial charge on any atom is 0.274 e. The number of thioether (sulfide) groups is 1. The molecular weight excluding hydrogens is 420 g/mol. The van der Waals surface area contributed by atoms with Crippen molar-refractivity contribution >= 4 is 40.1 Å². The molecule has 2 aromatic heterocycles. The number of amides is 1. The monoisotopic (exact) mass is 436 g/mol. The van der Waals surface area contributed by atoms with Crippen molar-refractivity contribution in [1.82, 2.24) is 19.7 Å². The van der Waals surface area contributed by atoms with Crippen LogP contribution in [0.15, 0.2) is 64.7 Å². The van der Waals surface area contributed by atoms with E-state index in [0.717, 1.165) is 17.4 Å². The second-order valence-electron chi connectivity index (χ2n) is 6.60. The minimum absolute atomic E-state index is 0.0460. The second-order valence-corrected chi connectivity index (χ2v) is 7.56. The smallest absolute Gasteiger partial charge is 0.274 e. The lowest BCUT2D eigenvalue weighted by molar-refractivity contribution is -0.385. The summed E-state index contributed by atoms with van der Waals surface area (Å²) >= 11 is 1.04. The van der Waals surface area contributed by atoms with Gasteiger partial charge in [0, 0.05) is 17.3 Å². The zero-order valence-electron chi connectivity index (χ0n) is 16.2. The first kappa shape index (κ1) is 20.3. The van der Waals surface area contributed by atoms with Crippen LogP contribution in [0, 0.1) is 17.0 Å². The third-order valence-electron chi connectivity index (χ3n) is 4.45. The van der Waals surface area contributed by atoms with E-state index in [4.69, 9.17) is 0 Å². The summed E-state index contributed by atoms with van der Waals surface area (Å²) in [4.78, 5) is 42.3. The van der Waals surface area contributed by atoms with Crippen LogP contribution in [0.1, 0.15) is 5.56 Å². The number of benzene rings is 2. The number of nitro benzene ring substituents is 1. The van der Waals surface area contributed by atoms with Gasteiger partial charge in [0.05, 0.1) is 22.6 Å². The summed E-state index contributed by atoms with van der Waals surface area (Å²) in [5, 5.41) is 18.5. The van der Waals surface area contributed by atoms with Crippen molar-refractivity contribution in [1.29, 1.82) is 0 Å². The van der Waals surface area contributed by atoms with E-state index in [1.165, 1.54) is 12.3 Å². The van der Waals surface area contributed by atoms with Gasteiger partial charge in [0.15, 0.2) is 10.8 Å². The molecule has 2 aromatic carbocycles. The van der Waals surface area contributed by atoms with Crippen molar-refractivity contribution in [3.8, 4) is 5.69 Å². The summed E-state index contributed by atoms with van der Waals surface area (Å²) in [5.41, 5.74) is 1.53. The van der Waals surface area contributed by atoms with Crippen LogP contribution in [0.25, 0.3) is 16.7 Å². The summed E-state index contributed by atoms with van der Waals surface area (Å²) in [5.74, 6) is -0.433. The predicted molar refractivity (Wildman–Crippen MR) is 117 cm³/mol. The van der Waals surface area contributed by atoms with Crippen molar-refractivity contribution in [3.05, 3.63) is 80.8 Å². The molecule has 10 nitrogen and oxygen atoms in total. The predicted octanol–water partition coefficient (Wildman–Crippen LogP) is 3.06. The molecule has 0 radical (unpaired) electrons. The molecule has 4 aromatic rings. The molecule has 0 fully saturated rings. The number of hydrogen-bond acceptors (Lipinski definition) is 7. The Morgan fingerprint density at radius 2 is 2.03 bits per heavy atom. The fourth-order valence-electron chi connectivity index (χ4n) is 2.94. The summed E-state index contributed by atoms with van der Waals surface area (Å²) < 4.78 is 1.56. The van der Waals surface area contributed by atoms with Gasteiger partial charge < -0.3 is 10.3 Å². The highest BCUT2D eigenvalue weighted by molar-refractivity contribution is 7.99. The fourth-order valence-corrected chi connectivity index (χ4v) is 3.60. The number of aromatic nitrogens is 4. The van der Waals surface area contributed by atoms with E-state index in [2.05, 4.69) is 20.4 Å². The van der Waals surface area contributed by atoms with Crippen LogP contribution in [-0.2, 0) is 4.79 Å². The third kappa shape index (κ3) is 4.31. The Labute approximate surface area is 179 Å². The van der Waals surface area contributed by atoms with E-state index >= 15 is 0 Å². The number of aromatic amines is 1. The minimum atomic E-state index is -0.500. The number of fused-ring (bicyclic) bond motifs is 1. The van der Waals surface area contributed by atoms with Gasteiger partial charge in [-0.3, -0.25) is 19.7 Å². The molecule has 11 heteroatoms. The molecule has 0 spiro atoms. The average Bonchev–Trinajstić information content (AvgIpc) is 3.19. The Kier molecular flexibility index (Phi) is 5.50. The van der Waals surface area contributed by atoms with Gasteiger partial charge in [0.1, 0.15) is 5.39 Å². The van der Waals surface area contributed by atoms with Crippen LogP contribution in [0.3, 0.4) is 0 Å². The molecule has 2 heterocycles. The number of hydrogen-bond donors (Lipinski definition) is 2. The van der Waals surface area contributed by atoms with Gasteiger partial charge in [-0.15, -0.1) is 0 Å². The number of nitrogens with zero attached hydrogens (tertiary/aromatic N) is 4. The molecule has 0 saturated carbocycles. The fraction of sp³-hybridized carbons (Fsp3) is 0.100. The average molecular weight is 436 g/mol. The Morgan fingerprint density at radius 3 is 2.77 bits per heavy atom. The number of carbonyl (C=O) groups excluding carboxylic acids is 1. The topological polar surface area (TPSA) is 136 Å². The Bertz CT molecular complexity index is 1350. The van der Waals surface area contributed by atoms with E-state index < -0.39 is 4.92 Å². The Morgan fingerprint density at radius 1 is 1.26 bits per heavy atom. The van der Waals surface area contributed by atoms with Crippen molar-refractivity contribution in [2.24, 2.45) is 0 Å². The molecule has 2 N–H and O–H groups in total. The normalized spacial score (nSPS) is 10.9. The number of carbonyl (C=O) groups is 1. The van der Waals surface area contributed by atoms with E-state index in [1.807, 2.05) is 30.3 Å². The summed E-state index contributed by atoms with van der Waals surface area (Å²) in [7, 11) is 0. The van der Waals surface area contributed by atoms with Crippen LogP contribution < -0.4 is 10.9 Å². The second kappa shape index (κ2) is 8.40. The number of nitro groups is 1. The van der Waals surface area contributed by atoms with Crippen LogP contribution in [-0.4, -0.2) is 36.3 Å². The first-order valence-corrected chi connectivity index (χ1v) is 10.1. The zero-order valence-corrected chi connectivity index (χ0v) is 17.0. The van der Waals surface area contributed by atoms with Crippen LogP contribution >= 0.6 is 11.8 Å². The highest BCUT2D eigenvalue weighted by atomic mass is 32.2. The highest BCUT2D eigenvalue weighted by Crippen LogP contribution is 2.23. The molecule has 156 valence electrons. The lowest BCUT2D eigenvalue weighted by Gasteiger charge is -2.06. The van der Waals surface area contributed by atoms with Gasteiger partial charge in [-0.2, -0.15) is 5.10 Å². The van der Waals surface area contributed by atoms with E-state index in [1.54, 1.807) is 23.7 Å². The van der Waals surface area contributed by atoms with Crippen molar-refractivity contribution in [2.45, 2.75) is 12.1 Å². The van der Waals surface area contributed by atoms with Crippen molar-refractivity contribution < 1.29 is 9.72 Å². The molecule has 0 aliphatic rings. The molecule has 31 heavy (non-hydrogen) atoms. The van der Waals surface area contributed by atoms with Crippen LogP contribution in [0.5, 0.6) is 0 Å². The first-order valence-electron chi connectivity index (χ1n) is 9.13.